The molecule has 0 rings (SSSR count). The Hall–Kier alpha value is -1.81. The topological polar surface area (TPSA) is 149 Å². The predicted molar refractivity (Wildman–Crippen MR) is 251 cm³/mol. The van der Waals surface area contributed by atoms with Gasteiger partial charge in [-0.1, -0.05) is 185 Å². The lowest BCUT2D eigenvalue weighted by atomic mass is 10.1. The lowest BCUT2D eigenvalue weighted by Gasteiger charge is -2.20. The highest BCUT2D eigenvalue weighted by Crippen LogP contribution is 2.43. The average molecular weight is 885 g/mol. The predicted octanol–water partition coefficient (Wildman–Crippen LogP) is 13.9. The monoisotopic (exact) mass is 885 g/mol. The highest BCUT2D eigenvalue weighted by atomic mass is 31.2. The van der Waals surface area contributed by atoms with E-state index < -0.39 is 58.4 Å². The van der Waals surface area contributed by atoms with Gasteiger partial charge >= 0.3 is 19.8 Å². The van der Waals surface area contributed by atoms with E-state index in [1.807, 2.05) is 0 Å². The molecule has 3 unspecified atom stereocenters. The van der Waals surface area contributed by atoms with E-state index in [2.05, 4.69) is 50.3 Å². The molecule has 11 heteroatoms. The fourth-order valence-corrected chi connectivity index (χ4v) is 7.75. The van der Waals surface area contributed by atoms with Crippen molar-refractivity contribution in [2.24, 2.45) is 0 Å². The molecule has 0 saturated carbocycles. The number of aliphatic hydroxyl groups excluding tert-OH is 2. The summed E-state index contributed by atoms with van der Waals surface area (Å²) in [7, 11) is -4.64. The van der Waals surface area contributed by atoms with E-state index in [0.29, 0.717) is 12.8 Å². The molecule has 61 heavy (non-hydrogen) atoms. The summed E-state index contributed by atoms with van der Waals surface area (Å²) in [6, 6.07) is 0. The number of carbonyl (C=O) groups is 2. The fourth-order valence-electron chi connectivity index (χ4n) is 6.96. The summed E-state index contributed by atoms with van der Waals surface area (Å²) in [6.07, 6.45) is 49.7. The number of hydrogen-bond donors (Lipinski definition) is 3. The SMILES string of the molecule is CCCCC/C=C\C/C=C\CCCCCCCCCC(=O)OC(CO)COP(=O)(O)OCC(CO)OC(=O)CCCCCCCCCCC/C=C\CCCCCCCCCC. The van der Waals surface area contributed by atoms with E-state index in [-0.39, 0.29) is 12.8 Å². The van der Waals surface area contributed by atoms with Crippen LogP contribution in [-0.4, -0.2) is 65.7 Å². The van der Waals surface area contributed by atoms with Gasteiger partial charge in [0.1, 0.15) is 12.2 Å². The number of esters is 2. The number of phosphoric acid groups is 1. The van der Waals surface area contributed by atoms with Crippen LogP contribution >= 0.6 is 7.82 Å². The Morgan fingerprint density at radius 3 is 1.07 bits per heavy atom. The third kappa shape index (κ3) is 44.6. The van der Waals surface area contributed by atoms with E-state index in [4.69, 9.17) is 18.5 Å². The summed E-state index contributed by atoms with van der Waals surface area (Å²) in [5, 5.41) is 19.2. The maximum absolute atomic E-state index is 12.4. The van der Waals surface area contributed by atoms with E-state index >= 15 is 0 Å². The normalized spacial score (nSPS) is 14.0. The van der Waals surface area contributed by atoms with Crippen molar-refractivity contribution in [3.8, 4) is 0 Å². The minimum absolute atomic E-state index is 0.184. The Bertz CT molecular complexity index is 1110. The second kappa shape index (κ2) is 46.2. The summed E-state index contributed by atoms with van der Waals surface area (Å²) in [5.74, 6) is -1.02. The van der Waals surface area contributed by atoms with Gasteiger partial charge < -0.3 is 24.6 Å². The number of allylic oxidation sites excluding steroid dienone is 6. The molecule has 0 bridgehead atoms. The van der Waals surface area contributed by atoms with Gasteiger partial charge in [0.15, 0.2) is 0 Å². The van der Waals surface area contributed by atoms with Crippen LogP contribution < -0.4 is 0 Å². The Kier molecular flexibility index (Phi) is 44.8. The summed E-state index contributed by atoms with van der Waals surface area (Å²) in [5.41, 5.74) is 0. The molecule has 0 saturated heterocycles. The Morgan fingerprint density at radius 1 is 0.443 bits per heavy atom. The molecule has 0 aliphatic carbocycles. The van der Waals surface area contributed by atoms with Crippen molar-refractivity contribution in [3.63, 3.8) is 0 Å². The molecule has 0 aromatic rings. The number of unbranched alkanes of at least 4 members (excludes halogenated alkanes) is 27. The van der Waals surface area contributed by atoms with Crippen molar-refractivity contribution >= 4 is 19.8 Å². The second-order valence-corrected chi connectivity index (χ2v) is 18.2. The number of hydrogen-bond acceptors (Lipinski definition) is 9. The van der Waals surface area contributed by atoms with Crippen LogP contribution in [0.2, 0.25) is 0 Å². The third-order valence-corrected chi connectivity index (χ3v) is 11.8. The summed E-state index contributed by atoms with van der Waals surface area (Å²) in [4.78, 5) is 34.6. The molecule has 0 aromatic heterocycles. The smallest absolute Gasteiger partial charge is 0.457 e. The number of ether oxygens (including phenoxy) is 2. The molecule has 0 fully saturated rings. The van der Waals surface area contributed by atoms with Gasteiger partial charge in [-0.25, -0.2) is 4.57 Å². The number of carbonyl (C=O) groups excluding carboxylic acids is 2. The molecule has 0 spiro atoms. The highest BCUT2D eigenvalue weighted by Gasteiger charge is 2.27. The maximum atomic E-state index is 12.4. The molecule has 0 aliphatic heterocycles. The Balaban J connectivity index is 3.85. The van der Waals surface area contributed by atoms with E-state index in [1.165, 1.54) is 141 Å². The van der Waals surface area contributed by atoms with Crippen molar-refractivity contribution < 1.29 is 47.8 Å². The van der Waals surface area contributed by atoms with Gasteiger partial charge in [0.05, 0.1) is 26.4 Å². The summed E-state index contributed by atoms with van der Waals surface area (Å²) >= 11 is 0. The zero-order valence-corrected chi connectivity index (χ0v) is 40.0. The molecule has 0 heterocycles. The Morgan fingerprint density at radius 2 is 0.721 bits per heavy atom. The molecule has 3 atom stereocenters. The van der Waals surface area contributed by atoms with Crippen LogP contribution in [0.25, 0.3) is 0 Å². The van der Waals surface area contributed by atoms with Crippen LogP contribution in [0.1, 0.15) is 232 Å². The first-order chi connectivity index (χ1) is 29.8. The Labute approximate surface area is 373 Å². The highest BCUT2D eigenvalue weighted by molar-refractivity contribution is 7.47. The molecule has 0 amide bonds. The average Bonchev–Trinajstić information content (AvgIpc) is 3.25. The van der Waals surface area contributed by atoms with E-state index in [0.717, 1.165) is 51.4 Å². The van der Waals surface area contributed by atoms with Crippen LogP contribution in [0.4, 0.5) is 0 Å². The number of phosphoric ester groups is 1. The van der Waals surface area contributed by atoms with Crippen molar-refractivity contribution in [2.75, 3.05) is 26.4 Å². The summed E-state index contributed by atoms with van der Waals surface area (Å²) < 4.78 is 32.7. The zero-order chi connectivity index (χ0) is 44.8. The van der Waals surface area contributed by atoms with Crippen LogP contribution in [0, 0.1) is 0 Å². The fraction of sp³-hybridized carbons (Fsp3) is 0.840. The number of aliphatic hydroxyl groups is 2. The van der Waals surface area contributed by atoms with Gasteiger partial charge in [0.25, 0.3) is 0 Å². The zero-order valence-electron chi connectivity index (χ0n) is 39.1. The van der Waals surface area contributed by atoms with Crippen molar-refractivity contribution in [1.29, 1.82) is 0 Å². The molecule has 3 N–H and O–H groups in total. The van der Waals surface area contributed by atoms with Crippen LogP contribution in [0.5, 0.6) is 0 Å². The first-order valence-corrected chi connectivity index (χ1v) is 26.4. The number of rotatable bonds is 47. The molecular formula is C50H93O10P. The molecule has 0 radical (unpaired) electrons. The lowest BCUT2D eigenvalue weighted by molar-refractivity contribution is -0.153. The maximum Gasteiger partial charge on any atom is 0.472 e. The molecule has 0 aliphatic rings. The van der Waals surface area contributed by atoms with E-state index in [1.54, 1.807) is 0 Å². The molecule has 10 nitrogen and oxygen atoms in total. The third-order valence-electron chi connectivity index (χ3n) is 10.8. The van der Waals surface area contributed by atoms with Gasteiger partial charge in [-0.15, -0.1) is 0 Å². The molecule has 358 valence electrons. The lowest BCUT2D eigenvalue weighted by Crippen LogP contribution is -2.28. The van der Waals surface area contributed by atoms with Gasteiger partial charge in [0.2, 0.25) is 0 Å². The standard InChI is InChI=1S/C50H93O10P/c1-3-5-7-9-11-13-15-17-19-21-22-23-24-26-28-30-32-34-36-38-40-42-50(54)60-48(44-52)46-58-61(55,56)57-45-47(43-51)59-49(53)41-39-37-35-33-31-29-27-25-20-18-16-14-12-10-8-6-4-2/h12,14,18,20-22,47-48,51-52H,3-11,13,15-17,19,23-46H2,1-2H3,(H,55,56)/b14-12-,20-18-,22-21-. The van der Waals surface area contributed by atoms with Gasteiger partial charge in [-0.05, 0) is 70.6 Å². The van der Waals surface area contributed by atoms with E-state index in [9.17, 15) is 29.3 Å². The van der Waals surface area contributed by atoms with Crippen molar-refractivity contribution in [3.05, 3.63) is 36.5 Å². The van der Waals surface area contributed by atoms with Gasteiger partial charge in [-0.2, -0.15) is 0 Å². The van der Waals surface area contributed by atoms with Crippen molar-refractivity contribution in [1.82, 2.24) is 0 Å². The minimum atomic E-state index is -4.64. The first kappa shape index (κ1) is 59.2. The largest absolute Gasteiger partial charge is 0.472 e. The molecule has 0 aromatic carbocycles. The molecular weight excluding hydrogens is 792 g/mol. The van der Waals surface area contributed by atoms with Crippen LogP contribution in [0.15, 0.2) is 36.5 Å². The van der Waals surface area contributed by atoms with Gasteiger partial charge in [0, 0.05) is 12.8 Å². The quantitative estimate of drug-likeness (QED) is 0.0233. The summed E-state index contributed by atoms with van der Waals surface area (Å²) in [6.45, 7) is 2.20. The first-order valence-electron chi connectivity index (χ1n) is 24.9. The minimum Gasteiger partial charge on any atom is -0.457 e. The van der Waals surface area contributed by atoms with Crippen LogP contribution in [-0.2, 0) is 32.7 Å². The van der Waals surface area contributed by atoms with Gasteiger partial charge in [-0.3, -0.25) is 18.6 Å². The van der Waals surface area contributed by atoms with Crippen molar-refractivity contribution in [2.45, 2.75) is 244 Å². The van der Waals surface area contributed by atoms with Crippen LogP contribution in [0.3, 0.4) is 0 Å². The second-order valence-electron chi connectivity index (χ2n) is 16.8.